The van der Waals surface area contributed by atoms with Gasteiger partial charge in [-0.1, -0.05) is 13.0 Å². The van der Waals surface area contributed by atoms with Crippen molar-refractivity contribution >= 4 is 11.7 Å². The molecule has 0 aromatic heterocycles. The van der Waals surface area contributed by atoms with Crippen molar-refractivity contribution in [3.8, 4) is 11.5 Å². The van der Waals surface area contributed by atoms with E-state index in [1.165, 1.54) is 0 Å². The molecule has 2 heterocycles. The Morgan fingerprint density at radius 3 is 2.62 bits per heavy atom. The number of nitrogens with zero attached hydrogens (tertiary/aromatic N) is 2. The van der Waals surface area contributed by atoms with Crippen LogP contribution in [0.5, 0.6) is 11.5 Å². The van der Waals surface area contributed by atoms with Crippen LogP contribution in [0, 0.1) is 0 Å². The van der Waals surface area contributed by atoms with Crippen molar-refractivity contribution < 1.29 is 19.0 Å². The van der Waals surface area contributed by atoms with E-state index in [0.29, 0.717) is 19.8 Å². The zero-order chi connectivity index (χ0) is 16.9. The summed E-state index contributed by atoms with van der Waals surface area (Å²) in [5.74, 6) is 1.55. The molecule has 1 fully saturated rings. The van der Waals surface area contributed by atoms with Crippen LogP contribution in [-0.2, 0) is 9.53 Å². The van der Waals surface area contributed by atoms with Gasteiger partial charge in [0, 0.05) is 26.2 Å². The van der Waals surface area contributed by atoms with Crippen LogP contribution >= 0.6 is 0 Å². The van der Waals surface area contributed by atoms with Crippen LogP contribution in [0.2, 0.25) is 0 Å². The Morgan fingerprint density at radius 2 is 1.92 bits per heavy atom. The molecule has 0 radical (unpaired) electrons. The van der Waals surface area contributed by atoms with Gasteiger partial charge < -0.3 is 19.1 Å². The van der Waals surface area contributed by atoms with Gasteiger partial charge in [0.05, 0.1) is 12.3 Å². The van der Waals surface area contributed by atoms with Crippen LogP contribution in [0.25, 0.3) is 0 Å². The standard InChI is InChI=1S/C18H26N2O4/c1-3-14(18(21)22-4-2)19-8-10-20(11-9-19)15-6-5-7-16-17(15)24-13-12-23-16/h5-7,14H,3-4,8-13H2,1-2H3. The summed E-state index contributed by atoms with van der Waals surface area (Å²) in [6, 6.07) is 5.88. The molecule has 0 saturated carbocycles. The number of benzene rings is 1. The molecule has 1 unspecified atom stereocenters. The van der Waals surface area contributed by atoms with Gasteiger partial charge in [-0.15, -0.1) is 0 Å². The summed E-state index contributed by atoms with van der Waals surface area (Å²) >= 11 is 0. The smallest absolute Gasteiger partial charge is 0.323 e. The Kier molecular flexibility index (Phi) is 5.45. The summed E-state index contributed by atoms with van der Waals surface area (Å²) in [4.78, 5) is 16.6. The number of fused-ring (bicyclic) bond motifs is 1. The van der Waals surface area contributed by atoms with Crippen molar-refractivity contribution in [3.63, 3.8) is 0 Å². The summed E-state index contributed by atoms with van der Waals surface area (Å²) in [6.45, 7) is 8.89. The number of ether oxygens (including phenoxy) is 3. The Bertz CT molecular complexity index is 570. The monoisotopic (exact) mass is 334 g/mol. The van der Waals surface area contributed by atoms with Crippen LogP contribution in [0.4, 0.5) is 5.69 Å². The van der Waals surface area contributed by atoms with E-state index in [9.17, 15) is 4.79 Å². The van der Waals surface area contributed by atoms with E-state index in [1.807, 2.05) is 26.0 Å². The van der Waals surface area contributed by atoms with Gasteiger partial charge in [0.15, 0.2) is 11.5 Å². The van der Waals surface area contributed by atoms with E-state index in [0.717, 1.165) is 49.8 Å². The minimum atomic E-state index is -0.142. The Labute approximate surface area is 143 Å². The van der Waals surface area contributed by atoms with Crippen molar-refractivity contribution in [1.82, 2.24) is 4.90 Å². The summed E-state index contributed by atoms with van der Waals surface area (Å²) in [5.41, 5.74) is 1.08. The minimum Gasteiger partial charge on any atom is -0.486 e. The van der Waals surface area contributed by atoms with Crippen LogP contribution in [-0.4, -0.2) is 62.9 Å². The number of para-hydroxylation sites is 1. The number of carbonyl (C=O) groups is 1. The third-order valence-electron chi connectivity index (χ3n) is 4.59. The molecule has 1 aromatic rings. The van der Waals surface area contributed by atoms with E-state index in [-0.39, 0.29) is 12.0 Å². The van der Waals surface area contributed by atoms with Gasteiger partial charge >= 0.3 is 5.97 Å². The van der Waals surface area contributed by atoms with Crippen molar-refractivity contribution in [2.75, 3.05) is 50.9 Å². The molecule has 1 aromatic carbocycles. The molecule has 0 amide bonds. The Morgan fingerprint density at radius 1 is 1.17 bits per heavy atom. The van der Waals surface area contributed by atoms with Gasteiger partial charge in [-0.2, -0.15) is 0 Å². The summed E-state index contributed by atoms with van der Waals surface area (Å²) < 4.78 is 16.7. The highest BCUT2D eigenvalue weighted by Crippen LogP contribution is 2.39. The molecule has 6 heteroatoms. The molecule has 1 saturated heterocycles. The Balaban J connectivity index is 1.66. The lowest BCUT2D eigenvalue weighted by molar-refractivity contribution is -0.149. The van der Waals surface area contributed by atoms with Crippen LogP contribution < -0.4 is 14.4 Å². The van der Waals surface area contributed by atoms with Crippen molar-refractivity contribution in [2.24, 2.45) is 0 Å². The maximum Gasteiger partial charge on any atom is 0.323 e. The molecule has 6 nitrogen and oxygen atoms in total. The number of esters is 1. The molecule has 132 valence electrons. The highest BCUT2D eigenvalue weighted by atomic mass is 16.6. The van der Waals surface area contributed by atoms with E-state index >= 15 is 0 Å². The number of piperazine rings is 1. The highest BCUT2D eigenvalue weighted by molar-refractivity contribution is 5.75. The lowest BCUT2D eigenvalue weighted by atomic mass is 10.1. The molecule has 2 aliphatic heterocycles. The third kappa shape index (κ3) is 3.43. The van der Waals surface area contributed by atoms with E-state index in [4.69, 9.17) is 14.2 Å². The molecular formula is C18H26N2O4. The molecule has 0 spiro atoms. The zero-order valence-corrected chi connectivity index (χ0v) is 14.5. The predicted molar refractivity (Wildman–Crippen MR) is 91.9 cm³/mol. The fraction of sp³-hybridized carbons (Fsp3) is 0.611. The molecular weight excluding hydrogens is 308 g/mol. The number of hydrogen-bond acceptors (Lipinski definition) is 6. The first-order chi connectivity index (χ1) is 11.7. The number of hydrogen-bond donors (Lipinski definition) is 0. The average Bonchev–Trinajstić information content (AvgIpc) is 2.63. The summed E-state index contributed by atoms with van der Waals surface area (Å²) in [6.07, 6.45) is 0.774. The first kappa shape index (κ1) is 16.9. The highest BCUT2D eigenvalue weighted by Gasteiger charge is 2.30. The first-order valence-corrected chi connectivity index (χ1v) is 8.78. The van der Waals surface area contributed by atoms with Gasteiger partial charge in [0.1, 0.15) is 19.3 Å². The second-order valence-electron chi connectivity index (χ2n) is 6.00. The normalized spacial score (nSPS) is 19.0. The fourth-order valence-electron chi connectivity index (χ4n) is 3.39. The molecule has 0 N–H and O–H groups in total. The van der Waals surface area contributed by atoms with Crippen LogP contribution in [0.3, 0.4) is 0 Å². The zero-order valence-electron chi connectivity index (χ0n) is 14.5. The minimum absolute atomic E-state index is 0.109. The van der Waals surface area contributed by atoms with Gasteiger partial charge in [0.25, 0.3) is 0 Å². The largest absolute Gasteiger partial charge is 0.486 e. The van der Waals surface area contributed by atoms with E-state index in [2.05, 4.69) is 15.9 Å². The fourth-order valence-corrected chi connectivity index (χ4v) is 3.39. The topological polar surface area (TPSA) is 51.2 Å². The first-order valence-electron chi connectivity index (χ1n) is 8.78. The van der Waals surface area contributed by atoms with Gasteiger partial charge in [-0.05, 0) is 25.5 Å². The van der Waals surface area contributed by atoms with Crippen molar-refractivity contribution in [1.29, 1.82) is 0 Å². The number of rotatable bonds is 5. The maximum absolute atomic E-state index is 12.1. The van der Waals surface area contributed by atoms with Crippen LogP contribution in [0.15, 0.2) is 18.2 Å². The van der Waals surface area contributed by atoms with Gasteiger partial charge in [0.2, 0.25) is 0 Å². The van der Waals surface area contributed by atoms with E-state index in [1.54, 1.807) is 0 Å². The molecule has 0 bridgehead atoms. The lowest BCUT2D eigenvalue weighted by Gasteiger charge is -2.39. The van der Waals surface area contributed by atoms with Gasteiger partial charge in [-0.3, -0.25) is 9.69 Å². The maximum atomic E-state index is 12.1. The molecule has 1 atom stereocenters. The summed E-state index contributed by atoms with van der Waals surface area (Å²) in [5, 5.41) is 0. The third-order valence-corrected chi connectivity index (χ3v) is 4.59. The second-order valence-corrected chi connectivity index (χ2v) is 6.00. The van der Waals surface area contributed by atoms with Crippen molar-refractivity contribution in [3.05, 3.63) is 18.2 Å². The van der Waals surface area contributed by atoms with Crippen molar-refractivity contribution in [2.45, 2.75) is 26.3 Å². The SMILES string of the molecule is CCOC(=O)C(CC)N1CCN(c2cccc3c2OCCO3)CC1. The Hall–Kier alpha value is -1.95. The summed E-state index contributed by atoms with van der Waals surface area (Å²) in [7, 11) is 0. The predicted octanol–water partition coefficient (Wildman–Crippen LogP) is 1.92. The van der Waals surface area contributed by atoms with Gasteiger partial charge in [-0.25, -0.2) is 0 Å². The quantitative estimate of drug-likeness (QED) is 0.767. The number of carbonyl (C=O) groups excluding carboxylic acids is 1. The molecule has 3 rings (SSSR count). The van der Waals surface area contributed by atoms with E-state index < -0.39 is 0 Å². The molecule has 0 aliphatic carbocycles. The average molecular weight is 334 g/mol. The number of anilines is 1. The second kappa shape index (κ2) is 7.75. The molecule has 24 heavy (non-hydrogen) atoms. The lowest BCUT2D eigenvalue weighted by Crippen LogP contribution is -2.53. The molecule has 2 aliphatic rings. The van der Waals surface area contributed by atoms with Crippen LogP contribution in [0.1, 0.15) is 20.3 Å².